The zero-order valence-electron chi connectivity index (χ0n) is 23.1. The number of fused-ring (bicyclic) bond motifs is 1. The fourth-order valence-corrected chi connectivity index (χ4v) is 4.22. The Kier molecular flexibility index (Phi) is 10.1. The molecule has 0 unspecified atom stereocenters. The van der Waals surface area contributed by atoms with Crippen molar-refractivity contribution >= 4 is 46.5 Å². The van der Waals surface area contributed by atoms with Crippen LogP contribution in [0, 0.1) is 0 Å². The monoisotopic (exact) mass is 568 g/mol. The van der Waals surface area contributed by atoms with Crippen molar-refractivity contribution in [3.8, 4) is 0 Å². The molecule has 42 heavy (non-hydrogen) atoms. The van der Waals surface area contributed by atoms with Crippen LogP contribution in [0.5, 0.6) is 0 Å². The number of aliphatic carboxylic acids is 1. The molecule has 3 aromatic carbocycles. The first-order valence-corrected chi connectivity index (χ1v) is 13.4. The van der Waals surface area contributed by atoms with E-state index in [4.69, 9.17) is 4.74 Å². The van der Waals surface area contributed by atoms with Crippen molar-refractivity contribution in [1.82, 2.24) is 15.6 Å². The van der Waals surface area contributed by atoms with Gasteiger partial charge in [0.2, 0.25) is 5.91 Å². The summed E-state index contributed by atoms with van der Waals surface area (Å²) in [7, 11) is 0. The summed E-state index contributed by atoms with van der Waals surface area (Å²) in [6.07, 6.45) is 1.45. The minimum atomic E-state index is -1.07. The van der Waals surface area contributed by atoms with Gasteiger partial charge in [-0.25, -0.2) is 9.59 Å². The lowest BCUT2D eigenvalue weighted by molar-refractivity contribution is -0.132. The molecule has 0 radical (unpaired) electrons. The van der Waals surface area contributed by atoms with Crippen LogP contribution in [0.25, 0.3) is 17.0 Å². The lowest BCUT2D eigenvalue weighted by Gasteiger charge is -2.19. The highest BCUT2D eigenvalue weighted by atomic mass is 16.5. The lowest BCUT2D eigenvalue weighted by Crippen LogP contribution is -2.44. The second kappa shape index (κ2) is 14.3. The number of carboxylic acid groups (broad SMARTS) is 1. The minimum absolute atomic E-state index is 0.102. The van der Waals surface area contributed by atoms with Crippen molar-refractivity contribution in [2.24, 2.45) is 0 Å². The van der Waals surface area contributed by atoms with E-state index in [1.54, 1.807) is 30.3 Å². The number of aromatic amines is 1. The molecule has 5 N–H and O–H groups in total. The molecule has 0 fully saturated rings. The molecular formula is C32H32N4O6. The normalized spacial score (nSPS) is 11.9. The maximum Gasteiger partial charge on any atom is 0.407 e. The van der Waals surface area contributed by atoms with Crippen molar-refractivity contribution in [2.75, 3.05) is 11.9 Å². The molecule has 216 valence electrons. The molecule has 0 aliphatic rings. The molecule has 4 rings (SSSR count). The molecule has 0 saturated heterocycles. The van der Waals surface area contributed by atoms with Gasteiger partial charge in [0, 0.05) is 28.7 Å². The van der Waals surface area contributed by atoms with Gasteiger partial charge in [0.15, 0.2) is 0 Å². The number of amides is 3. The summed E-state index contributed by atoms with van der Waals surface area (Å²) in [6.45, 7) is 1.81. The van der Waals surface area contributed by atoms with E-state index in [2.05, 4.69) is 20.9 Å². The Morgan fingerprint density at radius 2 is 1.67 bits per heavy atom. The molecule has 10 nitrogen and oxygen atoms in total. The number of anilines is 1. The molecule has 3 amide bonds. The average Bonchev–Trinajstić information content (AvgIpc) is 3.43. The quantitative estimate of drug-likeness (QED) is 0.119. The summed E-state index contributed by atoms with van der Waals surface area (Å²) in [5, 5.41) is 18.4. The number of benzene rings is 3. The maximum absolute atomic E-state index is 13.4. The van der Waals surface area contributed by atoms with E-state index in [0.717, 1.165) is 16.5 Å². The Balaban J connectivity index is 1.42. The Hall–Kier alpha value is -5.38. The Bertz CT molecular complexity index is 1560. The van der Waals surface area contributed by atoms with Gasteiger partial charge in [-0.05, 0) is 55.2 Å². The second-order valence-electron chi connectivity index (χ2n) is 9.64. The van der Waals surface area contributed by atoms with Gasteiger partial charge in [-0.2, -0.15) is 0 Å². The SMILES string of the molecule is CC(=Cc1ccccc1NC(=O)[C@H](CCCNC(=O)OCc1ccccc1)NC(=O)c1cc2ccccc2[nH]1)C(=O)O. The molecule has 1 atom stereocenters. The van der Waals surface area contributed by atoms with E-state index < -0.39 is 29.9 Å². The number of carbonyl (C=O) groups excluding carboxylic acids is 3. The minimum Gasteiger partial charge on any atom is -0.478 e. The molecule has 0 bridgehead atoms. The Morgan fingerprint density at radius 1 is 0.952 bits per heavy atom. The van der Waals surface area contributed by atoms with Crippen LogP contribution in [0.4, 0.5) is 10.5 Å². The Labute approximate surface area is 242 Å². The van der Waals surface area contributed by atoms with E-state index in [1.807, 2.05) is 54.6 Å². The topological polar surface area (TPSA) is 150 Å². The zero-order chi connectivity index (χ0) is 29.9. The zero-order valence-corrected chi connectivity index (χ0v) is 23.1. The van der Waals surface area contributed by atoms with Crippen LogP contribution in [-0.2, 0) is 20.9 Å². The fraction of sp³-hybridized carbons (Fsp3) is 0.188. The number of aromatic nitrogens is 1. The van der Waals surface area contributed by atoms with E-state index in [-0.39, 0.29) is 25.1 Å². The lowest BCUT2D eigenvalue weighted by atomic mass is 10.1. The Morgan fingerprint density at radius 3 is 2.43 bits per heavy atom. The summed E-state index contributed by atoms with van der Waals surface area (Å²) in [4.78, 5) is 53.1. The number of alkyl carbamates (subject to hydrolysis) is 1. The van der Waals surface area contributed by atoms with Gasteiger partial charge < -0.3 is 30.8 Å². The number of carboxylic acids is 1. The summed E-state index contributed by atoms with van der Waals surface area (Å²) in [5.41, 5.74) is 2.96. The first kappa shape index (κ1) is 29.6. The maximum atomic E-state index is 13.4. The molecule has 4 aromatic rings. The van der Waals surface area contributed by atoms with Crippen LogP contribution >= 0.6 is 0 Å². The van der Waals surface area contributed by atoms with E-state index in [0.29, 0.717) is 23.4 Å². The summed E-state index contributed by atoms with van der Waals surface area (Å²) >= 11 is 0. The number of hydrogen-bond acceptors (Lipinski definition) is 5. The number of H-pyrrole nitrogens is 1. The van der Waals surface area contributed by atoms with Gasteiger partial charge >= 0.3 is 12.1 Å². The van der Waals surface area contributed by atoms with Gasteiger partial charge in [-0.3, -0.25) is 9.59 Å². The first-order chi connectivity index (χ1) is 20.3. The summed E-state index contributed by atoms with van der Waals surface area (Å²) in [6, 6.07) is 24.3. The standard InChI is InChI=1S/C32H32N4O6/c1-21(31(39)40)18-23-12-5-8-15-26(23)35-29(37)27(36-30(38)28-19-24-13-6-7-14-25(24)34-28)16-9-17-33-32(41)42-20-22-10-3-2-4-11-22/h2-8,10-15,18-19,27,34H,9,16-17,20H2,1H3,(H,33,41)(H,35,37)(H,36,38)(H,39,40)/t27-/m0/s1. The molecular weight excluding hydrogens is 536 g/mol. The van der Waals surface area contributed by atoms with E-state index >= 15 is 0 Å². The third-order valence-electron chi connectivity index (χ3n) is 6.48. The summed E-state index contributed by atoms with van der Waals surface area (Å²) < 4.78 is 5.22. The van der Waals surface area contributed by atoms with Gasteiger partial charge in [0.25, 0.3) is 5.91 Å². The fourth-order valence-electron chi connectivity index (χ4n) is 4.22. The number of carbonyl (C=O) groups is 4. The first-order valence-electron chi connectivity index (χ1n) is 13.4. The second-order valence-corrected chi connectivity index (χ2v) is 9.64. The number of hydrogen-bond donors (Lipinski definition) is 5. The predicted octanol–water partition coefficient (Wildman–Crippen LogP) is 5.10. The molecule has 0 saturated carbocycles. The van der Waals surface area contributed by atoms with Crippen molar-refractivity contribution in [1.29, 1.82) is 0 Å². The predicted molar refractivity (Wildman–Crippen MR) is 160 cm³/mol. The molecule has 0 aliphatic heterocycles. The van der Waals surface area contributed by atoms with Crippen LogP contribution in [-0.4, -0.2) is 46.6 Å². The summed E-state index contributed by atoms with van der Waals surface area (Å²) in [5.74, 6) is -2.02. The third-order valence-corrected chi connectivity index (χ3v) is 6.48. The van der Waals surface area contributed by atoms with Crippen molar-refractivity contribution in [3.05, 3.63) is 107 Å². The van der Waals surface area contributed by atoms with Crippen molar-refractivity contribution in [2.45, 2.75) is 32.4 Å². The van der Waals surface area contributed by atoms with Crippen molar-refractivity contribution in [3.63, 3.8) is 0 Å². The number of ether oxygens (including phenoxy) is 1. The van der Waals surface area contributed by atoms with Crippen LogP contribution in [0.15, 0.2) is 90.5 Å². The van der Waals surface area contributed by atoms with Gasteiger partial charge in [-0.15, -0.1) is 0 Å². The molecule has 1 aromatic heterocycles. The van der Waals surface area contributed by atoms with Gasteiger partial charge in [-0.1, -0.05) is 66.7 Å². The van der Waals surface area contributed by atoms with Gasteiger partial charge in [0.1, 0.15) is 18.3 Å². The number of para-hydroxylation sites is 2. The van der Waals surface area contributed by atoms with E-state index in [9.17, 15) is 24.3 Å². The average molecular weight is 569 g/mol. The van der Waals surface area contributed by atoms with E-state index in [1.165, 1.54) is 13.0 Å². The number of rotatable bonds is 12. The van der Waals surface area contributed by atoms with Crippen LogP contribution in [0.1, 0.15) is 41.4 Å². The van der Waals surface area contributed by atoms with Crippen LogP contribution in [0.3, 0.4) is 0 Å². The van der Waals surface area contributed by atoms with Crippen LogP contribution < -0.4 is 16.0 Å². The highest BCUT2D eigenvalue weighted by Gasteiger charge is 2.23. The smallest absolute Gasteiger partial charge is 0.407 e. The number of nitrogens with one attached hydrogen (secondary N) is 4. The van der Waals surface area contributed by atoms with Crippen molar-refractivity contribution < 1.29 is 29.0 Å². The highest BCUT2D eigenvalue weighted by molar-refractivity contribution is 6.03. The third kappa shape index (κ3) is 8.31. The van der Waals surface area contributed by atoms with Crippen LogP contribution in [0.2, 0.25) is 0 Å². The molecule has 10 heteroatoms. The molecule has 0 spiro atoms. The molecule has 1 heterocycles. The molecule has 0 aliphatic carbocycles. The highest BCUT2D eigenvalue weighted by Crippen LogP contribution is 2.20. The van der Waals surface area contributed by atoms with Gasteiger partial charge in [0.05, 0.1) is 0 Å². The largest absolute Gasteiger partial charge is 0.478 e.